The Morgan fingerprint density at radius 1 is 1.48 bits per heavy atom. The molecule has 5 nitrogen and oxygen atoms in total. The third-order valence-corrected chi connectivity index (χ3v) is 3.89. The first-order chi connectivity index (χ1) is 9.82. The standard InChI is InChI=1S/C16H30N4O/c1-16(2,3)17-9-14-8-15(21-18-14)12-20(5)11-13-6-7-19(4)10-13/h8,13,17H,6-7,9-12H2,1-5H3. The van der Waals surface area contributed by atoms with Crippen LogP contribution in [0.2, 0.25) is 0 Å². The topological polar surface area (TPSA) is 44.5 Å². The van der Waals surface area contributed by atoms with Crippen LogP contribution in [0.5, 0.6) is 0 Å². The minimum Gasteiger partial charge on any atom is -0.360 e. The summed E-state index contributed by atoms with van der Waals surface area (Å²) in [5.41, 5.74) is 1.08. The highest BCUT2D eigenvalue weighted by Gasteiger charge is 2.21. The van der Waals surface area contributed by atoms with Crippen molar-refractivity contribution in [3.63, 3.8) is 0 Å². The fourth-order valence-corrected chi connectivity index (χ4v) is 2.82. The van der Waals surface area contributed by atoms with E-state index in [0.29, 0.717) is 0 Å². The zero-order valence-corrected chi connectivity index (χ0v) is 14.1. The van der Waals surface area contributed by atoms with Crippen molar-refractivity contribution >= 4 is 0 Å². The summed E-state index contributed by atoms with van der Waals surface area (Å²) in [5, 5.41) is 7.57. The zero-order chi connectivity index (χ0) is 15.5. The normalized spacial score (nSPS) is 20.6. The highest BCUT2D eigenvalue weighted by atomic mass is 16.5. The Morgan fingerprint density at radius 3 is 2.86 bits per heavy atom. The van der Waals surface area contributed by atoms with Crippen LogP contribution >= 0.6 is 0 Å². The molecule has 0 amide bonds. The van der Waals surface area contributed by atoms with Crippen LogP contribution in [0.1, 0.15) is 38.6 Å². The van der Waals surface area contributed by atoms with E-state index < -0.39 is 0 Å². The first-order valence-electron chi connectivity index (χ1n) is 7.88. The summed E-state index contributed by atoms with van der Waals surface area (Å²) in [6.45, 7) is 11.6. The van der Waals surface area contributed by atoms with Gasteiger partial charge in [0.05, 0.1) is 12.2 Å². The van der Waals surface area contributed by atoms with Crippen molar-refractivity contribution in [1.29, 1.82) is 0 Å². The molecule has 5 heteroatoms. The zero-order valence-electron chi connectivity index (χ0n) is 14.1. The van der Waals surface area contributed by atoms with Crippen LogP contribution < -0.4 is 5.32 Å². The Labute approximate surface area is 128 Å². The Morgan fingerprint density at radius 2 is 2.24 bits per heavy atom. The van der Waals surface area contributed by atoms with Crippen molar-refractivity contribution in [2.75, 3.05) is 33.7 Å². The summed E-state index contributed by atoms with van der Waals surface area (Å²) in [5.74, 6) is 1.74. The van der Waals surface area contributed by atoms with Gasteiger partial charge in [-0.2, -0.15) is 0 Å². The highest BCUT2D eigenvalue weighted by Crippen LogP contribution is 2.16. The van der Waals surface area contributed by atoms with Gasteiger partial charge < -0.3 is 14.7 Å². The second kappa shape index (κ2) is 6.90. The van der Waals surface area contributed by atoms with Gasteiger partial charge in [0.2, 0.25) is 0 Å². The fraction of sp³-hybridized carbons (Fsp3) is 0.812. The minimum atomic E-state index is 0.102. The molecule has 2 heterocycles. The Bertz CT molecular complexity index is 438. The van der Waals surface area contributed by atoms with E-state index in [1.165, 1.54) is 19.5 Å². The number of aromatic nitrogens is 1. The molecular formula is C16H30N4O. The van der Waals surface area contributed by atoms with Crippen LogP contribution in [0.3, 0.4) is 0 Å². The van der Waals surface area contributed by atoms with Gasteiger partial charge in [0, 0.05) is 31.2 Å². The third-order valence-electron chi connectivity index (χ3n) is 3.89. The minimum absolute atomic E-state index is 0.102. The molecule has 1 atom stereocenters. The molecule has 0 bridgehead atoms. The van der Waals surface area contributed by atoms with Crippen molar-refractivity contribution in [1.82, 2.24) is 20.3 Å². The van der Waals surface area contributed by atoms with E-state index in [4.69, 9.17) is 4.52 Å². The number of nitrogens with one attached hydrogen (secondary N) is 1. The fourth-order valence-electron chi connectivity index (χ4n) is 2.82. The summed E-state index contributed by atoms with van der Waals surface area (Å²) in [6.07, 6.45) is 1.30. The second-order valence-electron chi connectivity index (χ2n) is 7.50. The van der Waals surface area contributed by atoms with E-state index in [1.807, 2.05) is 0 Å². The SMILES string of the molecule is CN1CCC(CN(C)Cc2cc(CNC(C)(C)C)no2)C1. The van der Waals surface area contributed by atoms with Crippen molar-refractivity contribution in [3.8, 4) is 0 Å². The van der Waals surface area contributed by atoms with Crippen molar-refractivity contribution in [2.24, 2.45) is 5.92 Å². The average Bonchev–Trinajstić information content (AvgIpc) is 2.95. The lowest BCUT2D eigenvalue weighted by Crippen LogP contribution is -2.35. The Hall–Kier alpha value is -0.910. The van der Waals surface area contributed by atoms with Gasteiger partial charge in [0.1, 0.15) is 0 Å². The average molecular weight is 294 g/mol. The molecule has 1 aliphatic heterocycles. The van der Waals surface area contributed by atoms with Crippen molar-refractivity contribution < 1.29 is 4.52 Å². The summed E-state index contributed by atoms with van der Waals surface area (Å²) in [4.78, 5) is 4.74. The monoisotopic (exact) mass is 294 g/mol. The van der Waals surface area contributed by atoms with Crippen LogP contribution in [0.4, 0.5) is 0 Å². The molecule has 1 saturated heterocycles. The number of nitrogens with zero attached hydrogens (tertiary/aromatic N) is 3. The molecule has 0 aromatic carbocycles. The molecule has 120 valence electrons. The van der Waals surface area contributed by atoms with Gasteiger partial charge in [-0.15, -0.1) is 0 Å². The maximum Gasteiger partial charge on any atom is 0.151 e. The molecule has 0 radical (unpaired) electrons. The molecule has 2 rings (SSSR count). The van der Waals surface area contributed by atoms with Crippen LogP contribution in [-0.2, 0) is 13.1 Å². The number of rotatable bonds is 6. The lowest BCUT2D eigenvalue weighted by atomic mass is 10.1. The Kier molecular flexibility index (Phi) is 5.41. The van der Waals surface area contributed by atoms with Gasteiger partial charge in [-0.3, -0.25) is 4.90 Å². The predicted molar refractivity (Wildman–Crippen MR) is 85.0 cm³/mol. The predicted octanol–water partition coefficient (Wildman–Crippen LogP) is 1.95. The van der Waals surface area contributed by atoms with Crippen LogP contribution in [-0.4, -0.2) is 54.2 Å². The van der Waals surface area contributed by atoms with Gasteiger partial charge in [-0.05, 0) is 53.8 Å². The number of hydrogen-bond acceptors (Lipinski definition) is 5. The van der Waals surface area contributed by atoms with E-state index in [2.05, 4.69) is 61.2 Å². The van der Waals surface area contributed by atoms with Crippen LogP contribution in [0, 0.1) is 5.92 Å². The van der Waals surface area contributed by atoms with Crippen molar-refractivity contribution in [3.05, 3.63) is 17.5 Å². The molecule has 1 N–H and O–H groups in total. The molecule has 0 aliphatic carbocycles. The first-order valence-corrected chi connectivity index (χ1v) is 7.88. The van der Waals surface area contributed by atoms with Crippen LogP contribution in [0.25, 0.3) is 0 Å². The molecule has 1 aliphatic rings. The van der Waals surface area contributed by atoms with Crippen LogP contribution in [0.15, 0.2) is 10.6 Å². The van der Waals surface area contributed by atoms with Gasteiger partial charge in [-0.25, -0.2) is 0 Å². The lowest BCUT2D eigenvalue weighted by Gasteiger charge is -2.19. The van der Waals surface area contributed by atoms with E-state index in [-0.39, 0.29) is 5.54 Å². The van der Waals surface area contributed by atoms with Gasteiger partial charge in [0.25, 0.3) is 0 Å². The van der Waals surface area contributed by atoms with Gasteiger partial charge in [0.15, 0.2) is 5.76 Å². The molecule has 1 aromatic rings. The van der Waals surface area contributed by atoms with E-state index in [9.17, 15) is 0 Å². The van der Waals surface area contributed by atoms with E-state index in [1.54, 1.807) is 0 Å². The van der Waals surface area contributed by atoms with Crippen molar-refractivity contribution in [2.45, 2.75) is 45.8 Å². The molecule has 1 aromatic heterocycles. The molecule has 1 fully saturated rings. The lowest BCUT2D eigenvalue weighted by molar-refractivity contribution is 0.236. The van der Waals surface area contributed by atoms with E-state index in [0.717, 1.165) is 37.0 Å². The van der Waals surface area contributed by atoms with Gasteiger partial charge >= 0.3 is 0 Å². The second-order valence-corrected chi connectivity index (χ2v) is 7.50. The quantitative estimate of drug-likeness (QED) is 0.869. The third kappa shape index (κ3) is 5.77. The Balaban J connectivity index is 1.76. The first kappa shape index (κ1) is 16.5. The maximum absolute atomic E-state index is 5.44. The maximum atomic E-state index is 5.44. The smallest absolute Gasteiger partial charge is 0.151 e. The largest absolute Gasteiger partial charge is 0.360 e. The molecule has 0 saturated carbocycles. The highest BCUT2D eigenvalue weighted by molar-refractivity contribution is 5.05. The molecule has 1 unspecified atom stereocenters. The number of hydrogen-bond donors (Lipinski definition) is 1. The summed E-state index contributed by atoms with van der Waals surface area (Å²) >= 11 is 0. The van der Waals surface area contributed by atoms with E-state index >= 15 is 0 Å². The number of likely N-dealkylation sites (tertiary alicyclic amines) is 1. The van der Waals surface area contributed by atoms with Gasteiger partial charge in [-0.1, -0.05) is 5.16 Å². The summed E-state index contributed by atoms with van der Waals surface area (Å²) in [7, 11) is 4.36. The molecular weight excluding hydrogens is 264 g/mol. The summed E-state index contributed by atoms with van der Waals surface area (Å²) in [6, 6.07) is 2.07. The summed E-state index contributed by atoms with van der Waals surface area (Å²) < 4.78 is 5.44. The molecule has 0 spiro atoms. The molecule has 21 heavy (non-hydrogen) atoms.